The third kappa shape index (κ3) is 4.75. The molecule has 1 heterocycles. The molecule has 1 atom stereocenters. The molecular weight excluding hydrogens is 304 g/mol. The van der Waals surface area contributed by atoms with Crippen molar-refractivity contribution in [1.82, 2.24) is 4.72 Å². The zero-order valence-corrected chi connectivity index (χ0v) is 13.5. The van der Waals surface area contributed by atoms with Crippen LogP contribution < -0.4 is 10.5 Å². The minimum Gasteiger partial charge on any atom is -0.320 e. The van der Waals surface area contributed by atoms with Crippen molar-refractivity contribution < 1.29 is 8.42 Å². The molecule has 0 spiro atoms. The molecule has 1 aromatic carbocycles. The van der Waals surface area contributed by atoms with E-state index in [0.717, 1.165) is 12.2 Å². The van der Waals surface area contributed by atoms with Gasteiger partial charge in [0.05, 0.1) is 11.4 Å². The highest BCUT2D eigenvalue weighted by atomic mass is 32.2. The summed E-state index contributed by atoms with van der Waals surface area (Å²) in [4.78, 5) is 0.228. The fourth-order valence-electron chi connectivity index (χ4n) is 2.20. The number of nitrogens with two attached hydrogens (primary N) is 1. The molecule has 6 heteroatoms. The van der Waals surface area contributed by atoms with Gasteiger partial charge in [0, 0.05) is 17.4 Å². The largest absolute Gasteiger partial charge is 0.320 e. The van der Waals surface area contributed by atoms with Gasteiger partial charge in [-0.2, -0.15) is 11.8 Å². The molecule has 1 aliphatic heterocycles. The van der Waals surface area contributed by atoms with Crippen LogP contribution in [0.15, 0.2) is 29.2 Å². The number of rotatable bonds is 4. The monoisotopic (exact) mass is 324 g/mol. The van der Waals surface area contributed by atoms with E-state index in [1.54, 1.807) is 24.3 Å². The van der Waals surface area contributed by atoms with Gasteiger partial charge in [0.25, 0.3) is 0 Å². The Morgan fingerprint density at radius 1 is 1.33 bits per heavy atom. The molecule has 0 bridgehead atoms. The number of hydrogen-bond acceptors (Lipinski definition) is 4. The number of nitrogens with one attached hydrogen (secondary N) is 1. The first kappa shape index (κ1) is 16.4. The van der Waals surface area contributed by atoms with Crippen molar-refractivity contribution in [3.05, 3.63) is 29.8 Å². The molecule has 4 nitrogen and oxygen atoms in total. The van der Waals surface area contributed by atoms with Crippen molar-refractivity contribution in [2.24, 2.45) is 5.73 Å². The fourth-order valence-corrected chi connectivity index (χ4v) is 4.79. The van der Waals surface area contributed by atoms with Gasteiger partial charge in [0.15, 0.2) is 0 Å². The SMILES string of the molecule is NCC#Cc1ccccc1S(=O)(=O)NCC1CCCCS1. The summed E-state index contributed by atoms with van der Waals surface area (Å²) in [7, 11) is -3.53. The van der Waals surface area contributed by atoms with Crippen LogP contribution >= 0.6 is 11.8 Å². The molecular formula is C15H20N2O2S2. The smallest absolute Gasteiger partial charge is 0.241 e. The lowest BCUT2D eigenvalue weighted by atomic mass is 10.2. The zero-order valence-electron chi connectivity index (χ0n) is 11.8. The Balaban J connectivity index is 2.11. The van der Waals surface area contributed by atoms with E-state index in [-0.39, 0.29) is 11.4 Å². The average Bonchev–Trinajstić information content (AvgIpc) is 2.52. The molecule has 0 radical (unpaired) electrons. The first-order valence-electron chi connectivity index (χ1n) is 7.03. The molecule has 0 amide bonds. The van der Waals surface area contributed by atoms with Crippen molar-refractivity contribution in [1.29, 1.82) is 0 Å². The maximum atomic E-state index is 12.4. The molecule has 0 aliphatic carbocycles. The molecule has 2 rings (SSSR count). The molecule has 1 fully saturated rings. The summed E-state index contributed by atoms with van der Waals surface area (Å²) in [5.74, 6) is 6.64. The van der Waals surface area contributed by atoms with Crippen molar-refractivity contribution >= 4 is 21.8 Å². The Hall–Kier alpha value is -1.000. The molecule has 21 heavy (non-hydrogen) atoms. The lowest BCUT2D eigenvalue weighted by Crippen LogP contribution is -2.32. The van der Waals surface area contributed by atoms with Crippen LogP contribution in [0.3, 0.4) is 0 Å². The van der Waals surface area contributed by atoms with Gasteiger partial charge >= 0.3 is 0 Å². The maximum absolute atomic E-state index is 12.4. The molecule has 3 N–H and O–H groups in total. The van der Waals surface area contributed by atoms with Crippen LogP contribution in [0.25, 0.3) is 0 Å². The Bertz CT molecular complexity index is 627. The molecule has 114 valence electrons. The highest BCUT2D eigenvalue weighted by Gasteiger charge is 2.20. The third-order valence-electron chi connectivity index (χ3n) is 3.28. The van der Waals surface area contributed by atoms with Gasteiger partial charge in [0.2, 0.25) is 10.0 Å². The summed E-state index contributed by atoms with van der Waals surface area (Å²) in [6, 6.07) is 6.76. The zero-order chi connectivity index (χ0) is 15.1. The Labute approximate surface area is 130 Å². The maximum Gasteiger partial charge on any atom is 0.241 e. The highest BCUT2D eigenvalue weighted by molar-refractivity contribution is 8.00. The molecule has 0 saturated carbocycles. The van der Waals surface area contributed by atoms with Gasteiger partial charge in [-0.05, 0) is 30.7 Å². The summed E-state index contributed by atoms with van der Waals surface area (Å²) in [5.41, 5.74) is 5.84. The van der Waals surface area contributed by atoms with E-state index in [1.807, 2.05) is 11.8 Å². The molecule has 1 unspecified atom stereocenters. The lowest BCUT2D eigenvalue weighted by Gasteiger charge is -2.21. The summed E-state index contributed by atoms with van der Waals surface area (Å²) in [6.45, 7) is 0.687. The van der Waals surface area contributed by atoms with Crippen LogP contribution in [0.4, 0.5) is 0 Å². The van der Waals surface area contributed by atoms with Crippen LogP contribution in [0.2, 0.25) is 0 Å². The van der Waals surface area contributed by atoms with E-state index >= 15 is 0 Å². The van der Waals surface area contributed by atoms with Gasteiger partial charge in [-0.1, -0.05) is 30.4 Å². The summed E-state index contributed by atoms with van der Waals surface area (Å²) >= 11 is 1.85. The quantitative estimate of drug-likeness (QED) is 0.825. The van der Waals surface area contributed by atoms with Gasteiger partial charge in [-0.15, -0.1) is 0 Å². The molecule has 1 saturated heterocycles. The molecule has 0 aromatic heterocycles. The fraction of sp³-hybridized carbons (Fsp3) is 0.467. The van der Waals surface area contributed by atoms with Gasteiger partial charge in [-0.25, -0.2) is 13.1 Å². The molecule has 1 aromatic rings. The van der Waals surface area contributed by atoms with Crippen LogP contribution in [-0.4, -0.2) is 32.5 Å². The second kappa shape index (κ2) is 7.85. The Morgan fingerprint density at radius 2 is 2.14 bits per heavy atom. The van der Waals surface area contributed by atoms with Crippen LogP contribution in [-0.2, 0) is 10.0 Å². The predicted molar refractivity (Wildman–Crippen MR) is 87.7 cm³/mol. The minimum atomic E-state index is -3.53. The topological polar surface area (TPSA) is 72.2 Å². The lowest BCUT2D eigenvalue weighted by molar-refractivity contribution is 0.573. The van der Waals surface area contributed by atoms with Gasteiger partial charge in [0.1, 0.15) is 0 Å². The van der Waals surface area contributed by atoms with E-state index in [4.69, 9.17) is 5.73 Å². The summed E-state index contributed by atoms with van der Waals surface area (Å²) in [5, 5.41) is 0.371. The predicted octanol–water partition coefficient (Wildman–Crippen LogP) is 1.56. The van der Waals surface area contributed by atoms with Crippen molar-refractivity contribution in [3.8, 4) is 11.8 Å². The van der Waals surface area contributed by atoms with Crippen molar-refractivity contribution in [2.75, 3.05) is 18.8 Å². The van der Waals surface area contributed by atoms with Gasteiger partial charge < -0.3 is 5.73 Å². The number of benzene rings is 1. The first-order valence-corrected chi connectivity index (χ1v) is 9.56. The number of thioether (sulfide) groups is 1. The van der Waals surface area contributed by atoms with E-state index in [0.29, 0.717) is 17.4 Å². The third-order valence-corrected chi connectivity index (χ3v) is 6.16. The second-order valence-electron chi connectivity index (χ2n) is 4.84. The number of hydrogen-bond donors (Lipinski definition) is 2. The van der Waals surface area contributed by atoms with E-state index < -0.39 is 10.0 Å². The highest BCUT2D eigenvalue weighted by Crippen LogP contribution is 2.25. The van der Waals surface area contributed by atoms with E-state index in [2.05, 4.69) is 16.6 Å². The first-order chi connectivity index (χ1) is 10.1. The van der Waals surface area contributed by atoms with Crippen LogP contribution in [0.1, 0.15) is 24.8 Å². The standard InChI is InChI=1S/C15H20N2O2S2/c16-10-5-7-13-6-1-2-9-15(13)21(18,19)17-12-14-8-3-4-11-20-14/h1-2,6,9,14,17H,3-4,8,10-12,16H2. The van der Waals surface area contributed by atoms with Gasteiger partial charge in [-0.3, -0.25) is 0 Å². The average molecular weight is 324 g/mol. The van der Waals surface area contributed by atoms with Crippen LogP contribution in [0.5, 0.6) is 0 Å². The minimum absolute atomic E-state index is 0.209. The summed E-state index contributed by atoms with van der Waals surface area (Å²) < 4.78 is 27.6. The Kier molecular flexibility index (Phi) is 6.12. The summed E-state index contributed by atoms with van der Waals surface area (Å²) in [6.07, 6.45) is 3.48. The van der Waals surface area contributed by atoms with Crippen molar-refractivity contribution in [2.45, 2.75) is 29.4 Å². The normalized spacial score (nSPS) is 18.8. The van der Waals surface area contributed by atoms with E-state index in [9.17, 15) is 8.42 Å². The Morgan fingerprint density at radius 3 is 2.86 bits per heavy atom. The number of sulfonamides is 1. The second-order valence-corrected chi connectivity index (χ2v) is 7.99. The molecule has 1 aliphatic rings. The van der Waals surface area contributed by atoms with Crippen molar-refractivity contribution in [3.63, 3.8) is 0 Å². The van der Waals surface area contributed by atoms with E-state index in [1.165, 1.54) is 12.8 Å². The van der Waals surface area contributed by atoms with Crippen LogP contribution in [0, 0.1) is 11.8 Å².